The minimum atomic E-state index is -0.170. The van der Waals surface area contributed by atoms with Gasteiger partial charge in [0.2, 0.25) is 5.91 Å². The largest absolute Gasteiger partial charge is 0.326 e. The van der Waals surface area contributed by atoms with E-state index in [1.807, 2.05) is 30.3 Å². The fourth-order valence-electron chi connectivity index (χ4n) is 2.87. The normalized spacial score (nSPS) is 12.8. The molecule has 124 valence electrons. The Labute approximate surface area is 148 Å². The van der Waals surface area contributed by atoms with Crippen LogP contribution in [-0.2, 0) is 17.8 Å². The van der Waals surface area contributed by atoms with E-state index >= 15 is 0 Å². The molecule has 5 nitrogen and oxygen atoms in total. The lowest BCUT2D eigenvalue weighted by Crippen LogP contribution is -2.22. The SMILES string of the molecule is O=C1Cc2cc(-c3ccc(=O)n(Cc4ccc(Cl)cc4)n3)ccc2N1. The van der Waals surface area contributed by atoms with Crippen molar-refractivity contribution >= 4 is 23.2 Å². The van der Waals surface area contributed by atoms with Gasteiger partial charge in [-0.25, -0.2) is 4.68 Å². The van der Waals surface area contributed by atoms with E-state index in [9.17, 15) is 9.59 Å². The Morgan fingerprint density at radius 1 is 1.04 bits per heavy atom. The zero-order chi connectivity index (χ0) is 17.4. The molecule has 0 spiro atoms. The Balaban J connectivity index is 1.68. The van der Waals surface area contributed by atoms with Gasteiger partial charge in [0.05, 0.1) is 18.7 Å². The number of benzene rings is 2. The number of halogens is 1. The molecule has 0 unspecified atom stereocenters. The highest BCUT2D eigenvalue weighted by molar-refractivity contribution is 6.30. The molecule has 2 aromatic carbocycles. The molecule has 0 saturated heterocycles. The van der Waals surface area contributed by atoms with Gasteiger partial charge in [0, 0.05) is 22.3 Å². The van der Waals surface area contributed by atoms with Gasteiger partial charge in [-0.05, 0) is 41.5 Å². The average Bonchev–Trinajstić information content (AvgIpc) is 2.98. The van der Waals surface area contributed by atoms with Gasteiger partial charge in [0.1, 0.15) is 0 Å². The molecule has 25 heavy (non-hydrogen) atoms. The van der Waals surface area contributed by atoms with Gasteiger partial charge >= 0.3 is 0 Å². The highest BCUT2D eigenvalue weighted by atomic mass is 35.5. The molecular formula is C19H14ClN3O2. The molecule has 0 radical (unpaired) electrons. The molecule has 1 N–H and O–H groups in total. The van der Waals surface area contributed by atoms with Crippen LogP contribution >= 0.6 is 11.6 Å². The van der Waals surface area contributed by atoms with Crippen LogP contribution in [0.15, 0.2) is 59.4 Å². The number of aromatic nitrogens is 2. The maximum absolute atomic E-state index is 12.1. The quantitative estimate of drug-likeness (QED) is 0.788. The predicted molar refractivity (Wildman–Crippen MR) is 96.8 cm³/mol. The minimum Gasteiger partial charge on any atom is -0.326 e. The van der Waals surface area contributed by atoms with E-state index in [0.717, 1.165) is 22.4 Å². The van der Waals surface area contributed by atoms with Crippen LogP contribution in [0.25, 0.3) is 11.3 Å². The molecule has 0 aliphatic carbocycles. The van der Waals surface area contributed by atoms with Crippen LogP contribution in [-0.4, -0.2) is 15.7 Å². The van der Waals surface area contributed by atoms with Crippen LogP contribution in [0, 0.1) is 0 Å². The number of hydrogen-bond acceptors (Lipinski definition) is 3. The Morgan fingerprint density at radius 3 is 2.64 bits per heavy atom. The predicted octanol–water partition coefficient (Wildman–Crippen LogP) is 3.11. The number of fused-ring (bicyclic) bond motifs is 1. The van der Waals surface area contributed by atoms with Crippen molar-refractivity contribution in [1.29, 1.82) is 0 Å². The summed E-state index contributed by atoms with van der Waals surface area (Å²) in [7, 11) is 0. The third-order valence-electron chi connectivity index (χ3n) is 4.14. The van der Waals surface area contributed by atoms with Crippen molar-refractivity contribution in [3.8, 4) is 11.3 Å². The smallest absolute Gasteiger partial charge is 0.267 e. The lowest BCUT2D eigenvalue weighted by Gasteiger charge is -2.08. The van der Waals surface area contributed by atoms with E-state index in [4.69, 9.17) is 11.6 Å². The second-order valence-electron chi connectivity index (χ2n) is 5.94. The summed E-state index contributed by atoms with van der Waals surface area (Å²) in [6.07, 6.45) is 0.369. The number of amides is 1. The Morgan fingerprint density at radius 2 is 1.84 bits per heavy atom. The molecule has 0 saturated carbocycles. The average molecular weight is 352 g/mol. The summed E-state index contributed by atoms with van der Waals surface area (Å²) in [5, 5.41) is 7.93. The van der Waals surface area contributed by atoms with Crippen LogP contribution in [0.4, 0.5) is 5.69 Å². The highest BCUT2D eigenvalue weighted by Crippen LogP contribution is 2.27. The summed E-state index contributed by atoms with van der Waals surface area (Å²) in [5.74, 6) is -0.00665. The molecule has 6 heteroatoms. The molecular weight excluding hydrogens is 338 g/mol. The van der Waals surface area contributed by atoms with Crippen molar-refractivity contribution in [2.75, 3.05) is 5.32 Å². The van der Waals surface area contributed by atoms with Gasteiger partial charge in [-0.2, -0.15) is 5.10 Å². The van der Waals surface area contributed by atoms with E-state index in [-0.39, 0.29) is 11.5 Å². The Kier molecular flexibility index (Phi) is 3.86. The summed E-state index contributed by atoms with van der Waals surface area (Å²) < 4.78 is 1.43. The third-order valence-corrected chi connectivity index (χ3v) is 4.39. The first-order valence-corrected chi connectivity index (χ1v) is 8.22. The highest BCUT2D eigenvalue weighted by Gasteiger charge is 2.18. The minimum absolute atomic E-state index is 0.00665. The van der Waals surface area contributed by atoms with Gasteiger partial charge in [-0.1, -0.05) is 29.8 Å². The standard InChI is InChI=1S/C19H14ClN3O2/c20-15-4-1-12(2-5-15)11-23-19(25)8-7-17(22-23)13-3-6-16-14(9-13)10-18(24)21-16/h1-9H,10-11H2,(H,21,24). The van der Waals surface area contributed by atoms with Crippen molar-refractivity contribution in [3.63, 3.8) is 0 Å². The van der Waals surface area contributed by atoms with Gasteiger partial charge in [0.25, 0.3) is 5.56 Å². The maximum Gasteiger partial charge on any atom is 0.267 e. The third kappa shape index (κ3) is 3.19. The summed E-state index contributed by atoms with van der Waals surface area (Å²) >= 11 is 5.89. The van der Waals surface area contributed by atoms with Crippen molar-refractivity contribution in [3.05, 3.63) is 81.1 Å². The number of nitrogens with zero attached hydrogens (tertiary/aromatic N) is 2. The second kappa shape index (κ2) is 6.18. The number of rotatable bonds is 3. The van der Waals surface area contributed by atoms with Crippen molar-refractivity contribution < 1.29 is 4.79 Å². The van der Waals surface area contributed by atoms with Crippen LogP contribution in [0.3, 0.4) is 0 Å². The van der Waals surface area contributed by atoms with E-state index < -0.39 is 0 Å². The molecule has 1 aliphatic heterocycles. The molecule has 0 bridgehead atoms. The van der Waals surface area contributed by atoms with Crippen LogP contribution in [0.1, 0.15) is 11.1 Å². The van der Waals surface area contributed by atoms with Crippen molar-refractivity contribution in [2.24, 2.45) is 0 Å². The summed E-state index contributed by atoms with van der Waals surface area (Å²) in [6, 6.07) is 16.2. The van der Waals surface area contributed by atoms with Crippen molar-refractivity contribution in [2.45, 2.75) is 13.0 Å². The fraction of sp³-hybridized carbons (Fsp3) is 0.105. The molecule has 0 fully saturated rings. The monoisotopic (exact) mass is 351 g/mol. The van der Waals surface area contributed by atoms with Crippen molar-refractivity contribution in [1.82, 2.24) is 9.78 Å². The number of anilines is 1. The second-order valence-corrected chi connectivity index (χ2v) is 6.37. The summed E-state index contributed by atoms with van der Waals surface area (Å²) in [6.45, 7) is 0.370. The molecule has 0 atom stereocenters. The lowest BCUT2D eigenvalue weighted by molar-refractivity contribution is -0.115. The molecule has 1 aromatic heterocycles. The molecule has 2 heterocycles. The van der Waals surface area contributed by atoms with E-state index in [0.29, 0.717) is 23.7 Å². The Bertz CT molecular complexity index is 1030. The summed E-state index contributed by atoms with van der Waals surface area (Å²) in [5.41, 5.74) is 4.12. The molecule has 1 aliphatic rings. The fourth-order valence-corrected chi connectivity index (χ4v) is 2.99. The van der Waals surface area contributed by atoms with E-state index in [1.54, 1.807) is 18.2 Å². The maximum atomic E-state index is 12.1. The summed E-state index contributed by atoms with van der Waals surface area (Å²) in [4.78, 5) is 23.6. The number of carbonyl (C=O) groups excluding carboxylic acids is 1. The zero-order valence-corrected chi connectivity index (χ0v) is 14.0. The number of carbonyl (C=O) groups is 1. The van der Waals surface area contributed by atoms with Gasteiger partial charge in [-0.3, -0.25) is 9.59 Å². The van der Waals surface area contributed by atoms with Gasteiger partial charge in [-0.15, -0.1) is 0 Å². The van der Waals surface area contributed by atoms with E-state index in [2.05, 4.69) is 10.4 Å². The van der Waals surface area contributed by atoms with E-state index in [1.165, 1.54) is 10.7 Å². The Hall–Kier alpha value is -2.92. The van der Waals surface area contributed by atoms with Crippen LogP contribution in [0.2, 0.25) is 5.02 Å². The van der Waals surface area contributed by atoms with Crippen LogP contribution < -0.4 is 10.9 Å². The topological polar surface area (TPSA) is 64.0 Å². The van der Waals surface area contributed by atoms with Gasteiger partial charge < -0.3 is 5.32 Å². The first-order chi connectivity index (χ1) is 12.1. The molecule has 4 rings (SSSR count). The number of hydrogen-bond donors (Lipinski definition) is 1. The van der Waals surface area contributed by atoms with Crippen LogP contribution in [0.5, 0.6) is 0 Å². The zero-order valence-electron chi connectivity index (χ0n) is 13.2. The lowest BCUT2D eigenvalue weighted by atomic mass is 10.1. The van der Waals surface area contributed by atoms with Gasteiger partial charge in [0.15, 0.2) is 0 Å². The first kappa shape index (κ1) is 15.6. The molecule has 1 amide bonds. The first-order valence-electron chi connectivity index (χ1n) is 7.84. The number of nitrogens with one attached hydrogen (secondary N) is 1. The molecule has 3 aromatic rings.